The average Bonchev–Trinajstić information content (AvgIpc) is 1.13. The predicted molar refractivity (Wildman–Crippen MR) is 498 cm³/mol. The van der Waals surface area contributed by atoms with Gasteiger partial charge in [-0.1, -0.05) is 15.9 Å². The molecule has 29 nitrogen and oxygen atoms in total. The van der Waals surface area contributed by atoms with Crippen LogP contribution in [0.3, 0.4) is 0 Å². The van der Waals surface area contributed by atoms with Gasteiger partial charge in [-0.25, -0.2) is 24.9 Å². The fraction of sp³-hybridized carbons (Fsp3) is 0.495. The number of rotatable bonds is 36. The Kier molecular flexibility index (Phi) is 50.0. The van der Waals surface area contributed by atoms with Crippen molar-refractivity contribution in [3.8, 4) is 17.5 Å². The highest BCUT2D eigenvalue weighted by Crippen LogP contribution is 2.23. The number of carbonyl (C=O) groups excluding carboxylic acids is 2. The molecule has 1 aliphatic rings. The van der Waals surface area contributed by atoms with E-state index in [0.29, 0.717) is 96.5 Å². The Hall–Kier alpha value is -9.48. The number of ketones is 2. The van der Waals surface area contributed by atoms with Crippen molar-refractivity contribution < 1.29 is 68.7 Å². The molecule has 1 aliphatic heterocycles. The molecule has 1 fully saturated rings. The van der Waals surface area contributed by atoms with E-state index in [1.165, 1.54) is 88.9 Å². The molecule has 1 saturated heterocycles. The fourth-order valence-corrected chi connectivity index (χ4v) is 13.5. The van der Waals surface area contributed by atoms with E-state index >= 15 is 0 Å². The minimum Gasteiger partial charge on any atom is -0.481 e. The van der Waals surface area contributed by atoms with Crippen molar-refractivity contribution in [3.05, 3.63) is 235 Å². The van der Waals surface area contributed by atoms with Gasteiger partial charge in [0.1, 0.15) is 40.7 Å². The number of aromatic nitrogens is 10. The maximum atomic E-state index is 10.2. The highest BCUT2D eigenvalue weighted by Gasteiger charge is 2.18. The summed E-state index contributed by atoms with van der Waals surface area (Å²) in [5, 5.41) is 52.2. The van der Waals surface area contributed by atoms with Gasteiger partial charge in [-0.05, 0) is 305 Å². The Morgan fingerprint density at radius 2 is 0.736 bits per heavy atom. The molecule has 30 heteroatoms. The molecule has 10 aromatic rings. The van der Waals surface area contributed by atoms with Crippen LogP contribution in [0.4, 0.5) is 11.6 Å². The molecule has 0 aliphatic carbocycles. The van der Waals surface area contributed by atoms with Gasteiger partial charge in [-0.15, -0.1) is 0 Å². The van der Waals surface area contributed by atoms with E-state index < -0.39 is 24.3 Å². The van der Waals surface area contributed by atoms with Crippen molar-refractivity contribution in [2.75, 3.05) is 70.7 Å². The summed E-state index contributed by atoms with van der Waals surface area (Å²) in [6, 6.07) is 41.4. The number of hydrogen-bond acceptors (Lipinski definition) is 23. The first-order valence-corrected chi connectivity index (χ1v) is 43.7. The van der Waals surface area contributed by atoms with E-state index in [4.69, 9.17) is 87.9 Å². The second kappa shape index (κ2) is 58.0. The second-order valence-corrected chi connectivity index (χ2v) is 32.2. The highest BCUT2D eigenvalue weighted by molar-refractivity contribution is 9.08. The lowest BCUT2D eigenvalue weighted by Crippen LogP contribution is -2.25. The number of carbonyl (C=O) groups is 3. The zero-order valence-electron chi connectivity index (χ0n) is 76.8. The zero-order chi connectivity index (χ0) is 92.8. The molecule has 0 saturated carbocycles. The molecule has 688 valence electrons. The molecule has 0 amide bonds. The third kappa shape index (κ3) is 41.2. The summed E-state index contributed by atoms with van der Waals surface area (Å²) in [5.41, 5.74) is 49.3. The highest BCUT2D eigenvalue weighted by atomic mass is 79.9. The molecule has 0 unspecified atom stereocenters. The van der Waals surface area contributed by atoms with Crippen LogP contribution in [-0.4, -0.2) is 186 Å². The molecule has 0 radical (unpaired) electrons. The average molecular weight is 1800 g/mol. The number of aliphatic carboxylic acids is 1. The Bertz CT molecular complexity index is 4680. The first kappa shape index (κ1) is 108. The van der Waals surface area contributed by atoms with Crippen LogP contribution in [0, 0.1) is 104 Å². The van der Waals surface area contributed by atoms with Crippen LogP contribution in [0.1, 0.15) is 185 Å². The van der Waals surface area contributed by atoms with Crippen molar-refractivity contribution in [2.24, 2.45) is 17.2 Å². The van der Waals surface area contributed by atoms with Crippen LogP contribution < -0.4 is 28.7 Å². The largest absolute Gasteiger partial charge is 0.481 e. The van der Waals surface area contributed by atoms with E-state index in [0.717, 1.165) is 99.9 Å². The summed E-state index contributed by atoms with van der Waals surface area (Å²) in [4.78, 5) is 53.2. The van der Waals surface area contributed by atoms with Crippen molar-refractivity contribution in [1.82, 2.24) is 47.8 Å². The van der Waals surface area contributed by atoms with Gasteiger partial charge < -0.3 is 115 Å². The van der Waals surface area contributed by atoms with Crippen LogP contribution in [0.15, 0.2) is 121 Å². The molecule has 11 heterocycles. The number of hydrogen-bond donors (Lipinski definition) is 11. The Balaban J connectivity index is 0.000000337. The number of nitrogen functional groups attached to an aromatic ring is 2. The number of anilines is 2. The van der Waals surface area contributed by atoms with Gasteiger partial charge in [-0.3, -0.25) is 4.79 Å². The minimum atomic E-state index is -1.03. The minimum absolute atomic E-state index is 0.00625. The summed E-state index contributed by atoms with van der Waals surface area (Å²) in [5.74, 6) is 3.03. The summed E-state index contributed by atoms with van der Waals surface area (Å²) in [7, 11) is 0. The molecular formula is C95H142BrN15O14. The topological polar surface area (TPSA) is 438 Å². The van der Waals surface area contributed by atoms with Gasteiger partial charge in [-0.2, -0.15) is 0 Å². The quantitative estimate of drug-likeness (QED) is 0.0128. The van der Waals surface area contributed by atoms with E-state index in [-0.39, 0.29) is 56.5 Å². The number of alkyl halides is 1. The lowest BCUT2D eigenvalue weighted by atomic mass is 10.2. The smallest absolute Gasteiger partial charge is 0.306 e. The zero-order valence-corrected chi connectivity index (χ0v) is 78.4. The Morgan fingerprint density at radius 3 is 1.06 bits per heavy atom. The molecule has 10 aromatic heterocycles. The maximum absolute atomic E-state index is 10.2. The van der Waals surface area contributed by atoms with Crippen LogP contribution in [0.2, 0.25) is 0 Å². The van der Waals surface area contributed by atoms with Crippen molar-refractivity contribution in [3.63, 3.8) is 0 Å². The summed E-state index contributed by atoms with van der Waals surface area (Å²) < 4.78 is 40.1. The molecule has 16 N–H and O–H groups in total. The number of Topliss-reactive ketones (excluding diaryl/α,β-unsaturated/α-hetero) is 2. The Morgan fingerprint density at radius 1 is 0.416 bits per heavy atom. The van der Waals surface area contributed by atoms with Gasteiger partial charge in [0.25, 0.3) is 0 Å². The SMILES string of the molecule is C1CCOC1.CC(=O)CCC(C)=O.Cc1cc(CBr)nc(-n2c(C)ccc2C)c1.Cc1cc(COCC[C@@H](Cn2c(C)ccc2C)OCc2cc(C)cc(-n3c(C)ccc3C)n2)nc(-n2c(C)ccc2C)c1.Cc1cc(N)nc(COCC[C@@H](CN)OCc2cc(C)cc(N)n2)c1.Cc1ccc(C)n1C[C@@H](O)CCO.NC[C@@H](O)CC(=O)O.NC[C@@H](O)CCO. The molecule has 5 atom stereocenters. The van der Waals surface area contributed by atoms with Crippen LogP contribution in [0.25, 0.3) is 17.5 Å². The van der Waals surface area contributed by atoms with E-state index in [1.54, 1.807) is 0 Å². The van der Waals surface area contributed by atoms with E-state index in [9.17, 15) is 19.5 Å². The lowest BCUT2D eigenvalue weighted by molar-refractivity contribution is -0.139. The van der Waals surface area contributed by atoms with Gasteiger partial charge in [0.2, 0.25) is 0 Å². The maximum Gasteiger partial charge on any atom is 0.306 e. The number of aliphatic hydroxyl groups is 5. The van der Waals surface area contributed by atoms with Gasteiger partial charge in [0.05, 0.1) is 91.8 Å². The number of carboxylic acid groups (broad SMARTS) is 1. The predicted octanol–water partition coefficient (Wildman–Crippen LogP) is 13.0. The molecule has 0 spiro atoms. The monoisotopic (exact) mass is 1800 g/mol. The van der Waals surface area contributed by atoms with Crippen LogP contribution in [0.5, 0.6) is 0 Å². The summed E-state index contributed by atoms with van der Waals surface area (Å²) in [6.45, 7) is 41.1. The number of halogens is 1. The van der Waals surface area contributed by atoms with Crippen molar-refractivity contribution in [1.29, 1.82) is 0 Å². The number of ether oxygens (including phenoxy) is 5. The lowest BCUT2D eigenvalue weighted by Gasteiger charge is -2.21. The number of nitrogens with two attached hydrogens (primary N) is 5. The van der Waals surface area contributed by atoms with Gasteiger partial charge in [0.15, 0.2) is 0 Å². The normalized spacial score (nSPS) is 12.6. The standard InChI is InChI=1S/C36H45N5O2.C18H27N5O2.C13H15BrN2.C10H17NO2.C6H10O2.C4H9NO3.C4H11NO2.C4H8O/c1-24-17-32(37-35(19-24)40-28(5)11-12-29(40)6)22-42-16-15-34(21-39-26(3)9-10-27(39)4)43-23-33-18-25(2)20-36(38-33)41-30(7)13-14-31(41)8;1-12-5-14(22-17(20)7-12)10-24-4-3-16(9-19)25-11-15-6-13(2)8-18(21)23-15;1-9-6-12(8-14)15-13(7-9)16-10(2)4-5-11(16)3;1-8-3-4-9(2)11(8)7-10(13)5-6-12;1-5(7)3-4-6(2)8;5-2-3(6)1-4(7)8;5-3-4(7)1-2-6;1-2-4-5-3-1/h9-14,17-20,34H,15-16,21-23H2,1-8H3;5-8,16H,3-4,9-11,19H2,1-2H3,(H2,20,22)(H2,21,23);4-7H,8H2,1-3H3;3-4,10,12-13H,5-7H2,1-2H3;3-4H2,1-2H3;3,6H,1-2,5H2,(H,7,8);4,6-7H,1-3,5H2;1-4H2/t34-;16-;;10-;;3-;4-;/m00.0.00./s1. The number of carboxylic acids is 1. The Labute approximate surface area is 748 Å². The summed E-state index contributed by atoms with van der Waals surface area (Å²) >= 11 is 3.45. The number of aryl methyl sites for hydroxylation is 15. The van der Waals surface area contributed by atoms with Crippen LogP contribution >= 0.6 is 15.9 Å². The number of aliphatic hydroxyl groups excluding tert-OH is 5. The number of nitrogens with zero attached hydrogens (tertiary/aromatic N) is 10. The molecular weight excluding hydrogens is 1660 g/mol. The molecule has 0 aromatic carbocycles. The molecule has 11 rings (SSSR count). The third-order valence-corrected chi connectivity index (χ3v) is 20.3. The first-order chi connectivity index (χ1) is 59.4. The molecule has 125 heavy (non-hydrogen) atoms. The number of pyridine rings is 5. The fourth-order valence-electron chi connectivity index (χ4n) is 13.2. The van der Waals surface area contributed by atoms with Crippen molar-refractivity contribution in [2.45, 2.75) is 251 Å². The molecule has 0 bridgehead atoms. The van der Waals surface area contributed by atoms with Gasteiger partial charge in [0, 0.05) is 147 Å². The first-order valence-electron chi connectivity index (χ1n) is 42.6. The van der Waals surface area contributed by atoms with E-state index in [1.807, 2.05) is 64.1 Å². The third-order valence-electron chi connectivity index (χ3n) is 19.8. The van der Waals surface area contributed by atoms with Gasteiger partial charge >= 0.3 is 5.97 Å². The van der Waals surface area contributed by atoms with Crippen molar-refractivity contribution >= 4 is 45.1 Å². The second-order valence-electron chi connectivity index (χ2n) is 31.6. The van der Waals surface area contributed by atoms with Crippen LogP contribution in [-0.2, 0) is 82.9 Å². The summed E-state index contributed by atoms with van der Waals surface area (Å²) in [6.07, 6.45) is 3.37. The van der Waals surface area contributed by atoms with E-state index in [2.05, 4.69) is 215 Å².